The predicted octanol–water partition coefficient (Wildman–Crippen LogP) is 4.26. The van der Waals surface area contributed by atoms with Crippen molar-refractivity contribution in [1.29, 1.82) is 0 Å². The molecule has 2 aromatic rings. The van der Waals surface area contributed by atoms with Crippen LogP contribution in [0.25, 0.3) is 0 Å². The molecule has 3 rings (SSSR count). The standard InChI is InChI=1S/C18H19F3N4O/c19-18(20,21)13-7-3-4-8-14(13)22-16-10-9-15(23-24-16)17(26)25-11-5-1-2-6-12-25/h3-4,7-10H,1-2,5-6,11-12H2,(H,22,24). The molecule has 1 aliphatic rings. The molecule has 0 aliphatic carbocycles. The smallest absolute Gasteiger partial charge is 0.338 e. The molecule has 0 saturated carbocycles. The Bertz CT molecular complexity index is 754. The van der Waals surface area contributed by atoms with Gasteiger partial charge in [0.15, 0.2) is 11.5 Å². The summed E-state index contributed by atoms with van der Waals surface area (Å²) in [6.07, 6.45) is -0.326. The molecule has 5 nitrogen and oxygen atoms in total. The number of hydrogen-bond donors (Lipinski definition) is 1. The molecule has 1 amide bonds. The van der Waals surface area contributed by atoms with Crippen LogP contribution < -0.4 is 5.32 Å². The maximum absolute atomic E-state index is 13.0. The molecule has 2 heterocycles. The van der Waals surface area contributed by atoms with E-state index in [1.165, 1.54) is 30.3 Å². The van der Waals surface area contributed by atoms with E-state index in [1.807, 2.05) is 0 Å². The molecule has 0 unspecified atom stereocenters. The molecular weight excluding hydrogens is 345 g/mol. The number of carbonyl (C=O) groups is 1. The first-order valence-corrected chi connectivity index (χ1v) is 8.51. The summed E-state index contributed by atoms with van der Waals surface area (Å²) < 4.78 is 39.1. The van der Waals surface area contributed by atoms with Crippen molar-refractivity contribution in [2.75, 3.05) is 18.4 Å². The van der Waals surface area contributed by atoms with Gasteiger partial charge >= 0.3 is 6.18 Å². The molecule has 1 fully saturated rings. The van der Waals surface area contributed by atoms with Gasteiger partial charge in [0.1, 0.15) is 0 Å². The minimum absolute atomic E-state index is 0.110. The van der Waals surface area contributed by atoms with Gasteiger partial charge in [-0.05, 0) is 37.1 Å². The van der Waals surface area contributed by atoms with Crippen LogP contribution in [0, 0.1) is 0 Å². The summed E-state index contributed by atoms with van der Waals surface area (Å²) in [6, 6.07) is 8.09. The predicted molar refractivity (Wildman–Crippen MR) is 91.1 cm³/mol. The van der Waals surface area contributed by atoms with E-state index < -0.39 is 11.7 Å². The molecule has 0 spiro atoms. The Morgan fingerprint density at radius 2 is 1.65 bits per heavy atom. The van der Waals surface area contributed by atoms with E-state index in [1.54, 1.807) is 4.90 Å². The molecule has 1 aromatic carbocycles. The van der Waals surface area contributed by atoms with Crippen LogP contribution in [0.15, 0.2) is 36.4 Å². The summed E-state index contributed by atoms with van der Waals surface area (Å²) in [6.45, 7) is 1.39. The Morgan fingerprint density at radius 1 is 0.962 bits per heavy atom. The zero-order chi connectivity index (χ0) is 18.6. The number of benzene rings is 1. The van der Waals surface area contributed by atoms with Crippen LogP contribution in [0.3, 0.4) is 0 Å². The lowest BCUT2D eigenvalue weighted by Gasteiger charge is -2.19. The number of hydrogen-bond acceptors (Lipinski definition) is 4. The van der Waals surface area contributed by atoms with Crippen molar-refractivity contribution >= 4 is 17.4 Å². The number of amides is 1. The highest BCUT2D eigenvalue weighted by Crippen LogP contribution is 2.35. The van der Waals surface area contributed by atoms with Crippen molar-refractivity contribution in [3.8, 4) is 0 Å². The minimum atomic E-state index is -4.47. The van der Waals surface area contributed by atoms with Crippen molar-refractivity contribution < 1.29 is 18.0 Å². The highest BCUT2D eigenvalue weighted by molar-refractivity contribution is 5.92. The fourth-order valence-electron chi connectivity index (χ4n) is 2.93. The summed E-state index contributed by atoms with van der Waals surface area (Å²) in [4.78, 5) is 14.2. The van der Waals surface area contributed by atoms with E-state index in [4.69, 9.17) is 0 Å². The largest absolute Gasteiger partial charge is 0.418 e. The Kier molecular flexibility index (Phi) is 5.39. The van der Waals surface area contributed by atoms with Gasteiger partial charge in [-0.25, -0.2) is 0 Å². The van der Waals surface area contributed by atoms with Crippen LogP contribution in [0.1, 0.15) is 41.7 Å². The average molecular weight is 364 g/mol. The Hall–Kier alpha value is -2.64. The lowest BCUT2D eigenvalue weighted by atomic mass is 10.1. The summed E-state index contributed by atoms with van der Waals surface area (Å²) in [5.41, 5.74) is -0.700. The number of halogens is 3. The van der Waals surface area contributed by atoms with Gasteiger partial charge in [0.05, 0.1) is 11.3 Å². The number of alkyl halides is 3. The third-order valence-corrected chi connectivity index (χ3v) is 4.27. The summed E-state index contributed by atoms with van der Waals surface area (Å²) in [7, 11) is 0. The molecule has 0 atom stereocenters. The summed E-state index contributed by atoms with van der Waals surface area (Å²) in [5, 5.41) is 10.4. The van der Waals surface area contributed by atoms with Gasteiger partial charge in [0.25, 0.3) is 5.91 Å². The van der Waals surface area contributed by atoms with Crippen LogP contribution in [0.4, 0.5) is 24.7 Å². The first-order chi connectivity index (χ1) is 12.4. The maximum atomic E-state index is 13.0. The zero-order valence-electron chi connectivity index (χ0n) is 14.1. The molecule has 0 bridgehead atoms. The van der Waals surface area contributed by atoms with Crippen LogP contribution in [0.5, 0.6) is 0 Å². The van der Waals surface area contributed by atoms with Gasteiger partial charge in [-0.3, -0.25) is 4.79 Å². The van der Waals surface area contributed by atoms with E-state index in [2.05, 4.69) is 15.5 Å². The molecule has 138 valence electrons. The number of likely N-dealkylation sites (tertiary alicyclic amines) is 1. The van der Waals surface area contributed by atoms with Crippen LogP contribution in [-0.4, -0.2) is 34.1 Å². The molecule has 1 aromatic heterocycles. The van der Waals surface area contributed by atoms with Crippen LogP contribution >= 0.6 is 0 Å². The molecule has 8 heteroatoms. The van der Waals surface area contributed by atoms with Crippen molar-refractivity contribution in [1.82, 2.24) is 15.1 Å². The van der Waals surface area contributed by atoms with Crippen LogP contribution in [-0.2, 0) is 6.18 Å². The fraction of sp³-hybridized carbons (Fsp3) is 0.389. The monoisotopic (exact) mass is 364 g/mol. The molecule has 26 heavy (non-hydrogen) atoms. The number of para-hydroxylation sites is 1. The van der Waals surface area contributed by atoms with E-state index in [0.717, 1.165) is 31.7 Å². The van der Waals surface area contributed by atoms with Crippen molar-refractivity contribution in [2.45, 2.75) is 31.9 Å². The van der Waals surface area contributed by atoms with Crippen molar-refractivity contribution in [2.24, 2.45) is 0 Å². The van der Waals surface area contributed by atoms with E-state index in [-0.39, 0.29) is 23.1 Å². The Balaban J connectivity index is 1.73. The number of anilines is 2. The highest BCUT2D eigenvalue weighted by atomic mass is 19.4. The van der Waals surface area contributed by atoms with Gasteiger partial charge in [-0.15, -0.1) is 10.2 Å². The number of carbonyl (C=O) groups excluding carboxylic acids is 1. The number of nitrogens with zero attached hydrogens (tertiary/aromatic N) is 3. The fourth-order valence-corrected chi connectivity index (χ4v) is 2.93. The maximum Gasteiger partial charge on any atom is 0.418 e. The number of rotatable bonds is 3. The molecular formula is C18H19F3N4O. The van der Waals surface area contributed by atoms with Crippen molar-refractivity contribution in [3.63, 3.8) is 0 Å². The van der Waals surface area contributed by atoms with Gasteiger partial charge in [0.2, 0.25) is 0 Å². The van der Waals surface area contributed by atoms with Crippen molar-refractivity contribution in [3.05, 3.63) is 47.7 Å². The SMILES string of the molecule is O=C(c1ccc(Nc2ccccc2C(F)(F)F)nn1)N1CCCCCC1. The van der Waals surface area contributed by atoms with Gasteiger partial charge in [-0.1, -0.05) is 25.0 Å². The first kappa shape index (κ1) is 18.2. The second-order valence-electron chi connectivity index (χ2n) is 6.18. The summed E-state index contributed by atoms with van der Waals surface area (Å²) >= 11 is 0. The van der Waals surface area contributed by atoms with Crippen LogP contribution in [0.2, 0.25) is 0 Å². The quantitative estimate of drug-likeness (QED) is 0.884. The number of aromatic nitrogens is 2. The normalized spacial score (nSPS) is 15.4. The zero-order valence-corrected chi connectivity index (χ0v) is 14.1. The molecule has 0 radical (unpaired) electrons. The summed E-state index contributed by atoms with van der Waals surface area (Å²) in [5.74, 6) is -0.0456. The lowest BCUT2D eigenvalue weighted by molar-refractivity contribution is -0.136. The lowest BCUT2D eigenvalue weighted by Crippen LogP contribution is -2.32. The second-order valence-corrected chi connectivity index (χ2v) is 6.18. The topological polar surface area (TPSA) is 58.1 Å². The van der Waals surface area contributed by atoms with Gasteiger partial charge < -0.3 is 10.2 Å². The highest BCUT2D eigenvalue weighted by Gasteiger charge is 2.33. The third kappa shape index (κ3) is 4.30. The third-order valence-electron chi connectivity index (χ3n) is 4.27. The van der Waals surface area contributed by atoms with E-state index in [0.29, 0.717) is 13.1 Å². The average Bonchev–Trinajstić information content (AvgIpc) is 2.91. The Morgan fingerprint density at radius 3 is 2.27 bits per heavy atom. The van der Waals surface area contributed by atoms with Gasteiger partial charge in [-0.2, -0.15) is 13.2 Å². The van der Waals surface area contributed by atoms with E-state index >= 15 is 0 Å². The number of nitrogens with one attached hydrogen (secondary N) is 1. The molecule has 1 aliphatic heterocycles. The second kappa shape index (κ2) is 7.72. The molecule has 1 saturated heterocycles. The Labute approximate surface area is 149 Å². The first-order valence-electron chi connectivity index (χ1n) is 8.51. The van der Waals surface area contributed by atoms with Gasteiger partial charge in [0, 0.05) is 13.1 Å². The van der Waals surface area contributed by atoms with E-state index in [9.17, 15) is 18.0 Å². The minimum Gasteiger partial charge on any atom is -0.338 e. The molecule has 1 N–H and O–H groups in total.